The van der Waals surface area contributed by atoms with Crippen molar-refractivity contribution in [3.63, 3.8) is 0 Å². The molecule has 0 saturated heterocycles. The lowest BCUT2D eigenvalue weighted by Crippen LogP contribution is -2.28. The largest absolute Gasteiger partial charge is 0.462 e. The van der Waals surface area contributed by atoms with E-state index < -0.39 is 5.97 Å². The van der Waals surface area contributed by atoms with E-state index in [0.717, 1.165) is 0 Å². The minimum Gasteiger partial charge on any atom is -0.462 e. The highest BCUT2D eigenvalue weighted by Crippen LogP contribution is 2.32. The van der Waals surface area contributed by atoms with Gasteiger partial charge in [0.25, 0.3) is 11.8 Å². The number of amides is 2. The molecule has 140 valence electrons. The minimum atomic E-state index is -0.497. The average molecular weight is 403 g/mol. The number of thiocarbonyl (C=S) groups is 1. The van der Waals surface area contributed by atoms with Crippen LogP contribution in [0, 0.1) is 0 Å². The zero-order valence-corrected chi connectivity index (χ0v) is 16.3. The van der Waals surface area contributed by atoms with E-state index in [1.165, 1.54) is 16.2 Å². The van der Waals surface area contributed by atoms with Crippen LogP contribution in [0.15, 0.2) is 30.3 Å². The number of carbonyl (C=O) groups is 3. The molecule has 0 unspecified atom stereocenters. The molecule has 0 atom stereocenters. The standard InChI is InChI=1S/C18H17N3O4S2/c1-3-25-17(24)13-8-10(27-14(13)20-18(26)19-2)9-21-15(22)11-6-4-5-7-12(11)16(21)23/h4-8H,3,9H2,1-2H3,(H2,19,20,26). The molecule has 0 saturated carbocycles. The molecule has 1 aliphatic heterocycles. The van der Waals surface area contributed by atoms with E-state index in [4.69, 9.17) is 17.0 Å². The molecule has 2 amide bonds. The Labute approximate surface area is 165 Å². The lowest BCUT2D eigenvalue weighted by atomic mass is 10.1. The first-order valence-corrected chi connectivity index (χ1v) is 9.42. The number of benzene rings is 1. The second-order valence-corrected chi connectivity index (χ2v) is 7.17. The van der Waals surface area contributed by atoms with E-state index in [9.17, 15) is 14.4 Å². The van der Waals surface area contributed by atoms with Gasteiger partial charge in [-0.25, -0.2) is 4.79 Å². The van der Waals surface area contributed by atoms with Crippen molar-refractivity contribution < 1.29 is 19.1 Å². The van der Waals surface area contributed by atoms with E-state index in [1.807, 2.05) is 0 Å². The van der Waals surface area contributed by atoms with E-state index in [-0.39, 0.29) is 25.0 Å². The Morgan fingerprint density at radius 3 is 2.41 bits per heavy atom. The second-order valence-electron chi connectivity index (χ2n) is 5.62. The molecule has 1 aromatic heterocycles. The molecule has 1 aromatic carbocycles. The highest BCUT2D eigenvalue weighted by Gasteiger charge is 2.35. The molecule has 0 bridgehead atoms. The maximum Gasteiger partial charge on any atom is 0.341 e. The highest BCUT2D eigenvalue weighted by atomic mass is 32.1. The number of nitrogens with one attached hydrogen (secondary N) is 2. The fourth-order valence-corrected chi connectivity index (χ4v) is 3.88. The Morgan fingerprint density at radius 2 is 1.85 bits per heavy atom. The van der Waals surface area contributed by atoms with E-state index in [2.05, 4.69) is 10.6 Å². The van der Waals surface area contributed by atoms with Crippen LogP contribution in [0.1, 0.15) is 42.9 Å². The summed E-state index contributed by atoms with van der Waals surface area (Å²) < 4.78 is 5.08. The van der Waals surface area contributed by atoms with Crippen molar-refractivity contribution in [2.45, 2.75) is 13.5 Å². The van der Waals surface area contributed by atoms with E-state index in [1.54, 1.807) is 44.3 Å². The first kappa shape index (κ1) is 19.0. The summed E-state index contributed by atoms with van der Waals surface area (Å²) in [4.78, 5) is 39.1. The van der Waals surface area contributed by atoms with Crippen molar-refractivity contribution in [1.82, 2.24) is 10.2 Å². The van der Waals surface area contributed by atoms with Gasteiger partial charge in [-0.2, -0.15) is 0 Å². The molecular weight excluding hydrogens is 386 g/mol. The third-order valence-electron chi connectivity index (χ3n) is 3.92. The molecule has 2 heterocycles. The lowest BCUT2D eigenvalue weighted by molar-refractivity contribution is 0.0527. The molecule has 1 aliphatic rings. The van der Waals surface area contributed by atoms with Crippen LogP contribution in [0.3, 0.4) is 0 Å². The van der Waals surface area contributed by atoms with Gasteiger partial charge in [0.05, 0.1) is 29.8 Å². The summed E-state index contributed by atoms with van der Waals surface area (Å²) in [5.41, 5.74) is 1.09. The smallest absolute Gasteiger partial charge is 0.341 e. The zero-order valence-electron chi connectivity index (χ0n) is 14.7. The number of ether oxygens (including phenoxy) is 1. The van der Waals surface area contributed by atoms with Gasteiger partial charge in [0.1, 0.15) is 5.00 Å². The van der Waals surface area contributed by atoms with Gasteiger partial charge in [0.2, 0.25) is 0 Å². The molecule has 7 nitrogen and oxygen atoms in total. The monoisotopic (exact) mass is 403 g/mol. The van der Waals surface area contributed by atoms with Crippen molar-refractivity contribution in [1.29, 1.82) is 0 Å². The van der Waals surface area contributed by atoms with Gasteiger partial charge < -0.3 is 15.4 Å². The van der Waals surface area contributed by atoms with Gasteiger partial charge in [-0.1, -0.05) is 12.1 Å². The number of nitrogens with zero attached hydrogens (tertiary/aromatic N) is 1. The van der Waals surface area contributed by atoms with Crippen molar-refractivity contribution in [2.24, 2.45) is 0 Å². The maximum absolute atomic E-state index is 12.5. The molecule has 0 radical (unpaired) electrons. The van der Waals surface area contributed by atoms with Crippen molar-refractivity contribution in [3.8, 4) is 0 Å². The molecule has 9 heteroatoms. The molecule has 2 aromatic rings. The molecule has 0 fully saturated rings. The van der Waals surface area contributed by atoms with Crippen LogP contribution in [-0.2, 0) is 11.3 Å². The predicted octanol–water partition coefficient (Wildman–Crippen LogP) is 2.64. The Morgan fingerprint density at radius 1 is 1.22 bits per heavy atom. The van der Waals surface area contributed by atoms with Crippen LogP contribution in [0.5, 0.6) is 0 Å². The normalized spacial score (nSPS) is 12.7. The number of carbonyl (C=O) groups excluding carboxylic acids is 3. The fourth-order valence-electron chi connectivity index (χ4n) is 2.68. The Hall–Kier alpha value is -2.78. The SMILES string of the molecule is CCOC(=O)c1cc(CN2C(=O)c3ccccc3C2=O)sc1NC(=S)NC. The summed E-state index contributed by atoms with van der Waals surface area (Å²) in [7, 11) is 1.66. The quantitative estimate of drug-likeness (QED) is 0.451. The third-order valence-corrected chi connectivity index (χ3v) is 5.27. The fraction of sp³-hybridized carbons (Fsp3) is 0.222. The Kier molecular flexibility index (Phi) is 5.52. The number of rotatable bonds is 5. The van der Waals surface area contributed by atoms with Crippen LogP contribution in [0.4, 0.5) is 5.00 Å². The highest BCUT2D eigenvalue weighted by molar-refractivity contribution is 7.80. The Bertz CT molecular complexity index is 903. The van der Waals surface area contributed by atoms with Gasteiger partial charge in [-0.05, 0) is 37.3 Å². The Balaban J connectivity index is 1.88. The molecule has 0 spiro atoms. The van der Waals surface area contributed by atoms with Crippen LogP contribution in [0.25, 0.3) is 0 Å². The van der Waals surface area contributed by atoms with Gasteiger partial charge in [-0.15, -0.1) is 11.3 Å². The number of imide groups is 1. The van der Waals surface area contributed by atoms with Gasteiger partial charge >= 0.3 is 5.97 Å². The predicted molar refractivity (Wildman–Crippen MR) is 106 cm³/mol. The lowest BCUT2D eigenvalue weighted by Gasteiger charge is -2.12. The minimum absolute atomic E-state index is 0.0669. The summed E-state index contributed by atoms with van der Waals surface area (Å²) in [6, 6.07) is 8.32. The van der Waals surface area contributed by atoms with Crippen LogP contribution in [0.2, 0.25) is 0 Å². The van der Waals surface area contributed by atoms with Gasteiger partial charge in [0.15, 0.2) is 5.11 Å². The molecule has 0 aliphatic carbocycles. The first-order chi connectivity index (χ1) is 13.0. The third kappa shape index (κ3) is 3.69. The summed E-state index contributed by atoms with van der Waals surface area (Å²) in [5.74, 6) is -1.19. The zero-order chi connectivity index (χ0) is 19.6. The topological polar surface area (TPSA) is 87.7 Å². The number of esters is 1. The van der Waals surface area contributed by atoms with E-state index in [0.29, 0.717) is 31.7 Å². The summed E-state index contributed by atoms with van der Waals surface area (Å²) in [5, 5.41) is 6.55. The van der Waals surface area contributed by atoms with Gasteiger partial charge in [-0.3, -0.25) is 14.5 Å². The van der Waals surface area contributed by atoms with Crippen LogP contribution in [-0.4, -0.2) is 41.5 Å². The summed E-state index contributed by atoms with van der Waals surface area (Å²) >= 11 is 6.34. The number of anilines is 1. The second kappa shape index (κ2) is 7.85. The maximum atomic E-state index is 12.5. The first-order valence-electron chi connectivity index (χ1n) is 8.20. The molecular formula is C18H17N3O4S2. The number of fused-ring (bicyclic) bond motifs is 1. The average Bonchev–Trinajstić information content (AvgIpc) is 3.17. The molecule has 27 heavy (non-hydrogen) atoms. The van der Waals surface area contributed by atoms with Gasteiger partial charge in [0, 0.05) is 11.9 Å². The summed E-state index contributed by atoms with van der Waals surface area (Å²) in [6.45, 7) is 2.02. The molecule has 2 N–H and O–H groups in total. The van der Waals surface area contributed by atoms with Crippen LogP contribution >= 0.6 is 23.6 Å². The van der Waals surface area contributed by atoms with Crippen molar-refractivity contribution in [3.05, 3.63) is 51.9 Å². The van der Waals surface area contributed by atoms with Crippen LogP contribution < -0.4 is 10.6 Å². The number of hydrogen-bond acceptors (Lipinski definition) is 6. The van der Waals surface area contributed by atoms with Crippen molar-refractivity contribution >= 4 is 51.5 Å². The summed E-state index contributed by atoms with van der Waals surface area (Å²) in [6.07, 6.45) is 0. The number of thiophene rings is 1. The number of hydrogen-bond donors (Lipinski definition) is 2. The van der Waals surface area contributed by atoms with Crippen molar-refractivity contribution in [2.75, 3.05) is 19.0 Å². The molecule has 3 rings (SSSR count). The van der Waals surface area contributed by atoms with E-state index >= 15 is 0 Å².